The molecule has 1 heterocycles. The molecule has 9 heteroatoms. The van der Waals surface area contributed by atoms with E-state index in [4.69, 9.17) is 18.9 Å². The van der Waals surface area contributed by atoms with Crippen LogP contribution in [0.4, 0.5) is 0 Å². The number of carbonyl (C=O) groups excluding carboxylic acids is 2. The van der Waals surface area contributed by atoms with Gasteiger partial charge in [0.15, 0.2) is 11.5 Å². The van der Waals surface area contributed by atoms with Crippen LogP contribution >= 0.6 is 0 Å². The second-order valence-electron chi connectivity index (χ2n) is 9.44. The van der Waals surface area contributed by atoms with Gasteiger partial charge in [0.05, 0.1) is 39.6 Å². The number of hydrogen-bond donors (Lipinski definition) is 1. The fraction of sp³-hybridized carbons (Fsp3) is 0.448. The smallest absolute Gasteiger partial charge is 0.295 e. The molecule has 0 saturated carbocycles. The van der Waals surface area contributed by atoms with Crippen molar-refractivity contribution in [2.45, 2.75) is 32.7 Å². The normalized spacial score (nSPS) is 16.7. The Morgan fingerprint density at radius 2 is 1.66 bits per heavy atom. The zero-order chi connectivity index (χ0) is 28.0. The van der Waals surface area contributed by atoms with Crippen molar-refractivity contribution in [2.75, 3.05) is 55.1 Å². The molecular weight excluding hydrogens is 488 g/mol. The number of unbranched alkanes of at least 4 members (excludes halogenated alkanes) is 1. The van der Waals surface area contributed by atoms with Gasteiger partial charge in [-0.3, -0.25) is 9.59 Å². The number of Topliss-reactive ketones (excluding diaryl/α,β-unsaturated/α-hetero) is 1. The zero-order valence-electron chi connectivity index (χ0n) is 23.3. The lowest BCUT2D eigenvalue weighted by atomic mass is 9.94. The summed E-state index contributed by atoms with van der Waals surface area (Å²) >= 11 is 0. The number of benzene rings is 2. The van der Waals surface area contributed by atoms with Gasteiger partial charge in [0.1, 0.15) is 11.5 Å². The maximum atomic E-state index is 13.4. The monoisotopic (exact) mass is 526 g/mol. The van der Waals surface area contributed by atoms with E-state index in [1.54, 1.807) is 30.3 Å². The molecule has 1 aliphatic heterocycles. The first-order valence-electron chi connectivity index (χ1n) is 12.6. The number of rotatable bonds is 12. The number of likely N-dealkylation sites (N-methyl/N-ethyl adjacent to an activating group) is 1. The molecule has 38 heavy (non-hydrogen) atoms. The number of aryl methyl sites for hydroxylation is 1. The summed E-state index contributed by atoms with van der Waals surface area (Å²) in [6.45, 7) is 5.37. The highest BCUT2D eigenvalue weighted by atomic mass is 16.5. The van der Waals surface area contributed by atoms with E-state index in [9.17, 15) is 14.7 Å². The molecule has 3 rings (SSSR count). The molecule has 0 unspecified atom stereocenters. The van der Waals surface area contributed by atoms with Crippen LogP contribution in [0.5, 0.6) is 23.0 Å². The molecule has 0 aliphatic carbocycles. The molecule has 1 saturated heterocycles. The van der Waals surface area contributed by atoms with E-state index in [0.29, 0.717) is 47.3 Å². The van der Waals surface area contributed by atoms with Crippen LogP contribution in [0.15, 0.2) is 35.9 Å². The molecule has 0 radical (unpaired) electrons. The van der Waals surface area contributed by atoms with Crippen LogP contribution in [-0.2, 0) is 9.59 Å². The highest BCUT2D eigenvalue weighted by Crippen LogP contribution is 2.45. The number of amides is 1. The summed E-state index contributed by atoms with van der Waals surface area (Å²) in [6, 6.07) is 7.77. The van der Waals surface area contributed by atoms with Crippen LogP contribution in [0.3, 0.4) is 0 Å². The quantitative estimate of drug-likeness (QED) is 0.190. The summed E-state index contributed by atoms with van der Waals surface area (Å²) < 4.78 is 22.3. The van der Waals surface area contributed by atoms with E-state index in [2.05, 4.69) is 6.92 Å². The minimum absolute atomic E-state index is 0.00193. The maximum absolute atomic E-state index is 13.4. The molecular formula is C29H38N2O7. The van der Waals surface area contributed by atoms with Crippen molar-refractivity contribution in [1.82, 2.24) is 9.80 Å². The molecule has 1 atom stereocenters. The van der Waals surface area contributed by atoms with Crippen LogP contribution in [0.2, 0.25) is 0 Å². The van der Waals surface area contributed by atoms with Crippen molar-refractivity contribution in [3.05, 3.63) is 52.6 Å². The van der Waals surface area contributed by atoms with E-state index in [-0.39, 0.29) is 17.9 Å². The lowest BCUT2D eigenvalue weighted by Gasteiger charge is -2.27. The van der Waals surface area contributed by atoms with Gasteiger partial charge in [-0.25, -0.2) is 0 Å². The highest BCUT2D eigenvalue weighted by Gasteiger charge is 2.46. The number of hydrogen-bond acceptors (Lipinski definition) is 8. The molecule has 206 valence electrons. The average Bonchev–Trinajstić information content (AvgIpc) is 3.16. The number of nitrogens with zero attached hydrogens (tertiary/aromatic N) is 2. The third-order valence-corrected chi connectivity index (χ3v) is 6.53. The Hall–Kier alpha value is -3.72. The first-order chi connectivity index (χ1) is 18.2. The van der Waals surface area contributed by atoms with Crippen LogP contribution < -0.4 is 18.9 Å². The summed E-state index contributed by atoms with van der Waals surface area (Å²) in [5.41, 5.74) is 1.79. The third kappa shape index (κ3) is 5.88. The van der Waals surface area contributed by atoms with Gasteiger partial charge in [0, 0.05) is 18.7 Å². The van der Waals surface area contributed by atoms with Crippen molar-refractivity contribution in [3.8, 4) is 23.0 Å². The topological polar surface area (TPSA) is 97.8 Å². The van der Waals surface area contributed by atoms with E-state index >= 15 is 0 Å². The van der Waals surface area contributed by atoms with Crippen molar-refractivity contribution >= 4 is 17.4 Å². The Bertz CT molecular complexity index is 1180. The lowest BCUT2D eigenvalue weighted by Crippen LogP contribution is -2.35. The number of likely N-dealkylation sites (tertiary alicyclic amines) is 1. The highest BCUT2D eigenvalue weighted by molar-refractivity contribution is 6.46. The van der Waals surface area contributed by atoms with E-state index in [1.165, 1.54) is 26.2 Å². The van der Waals surface area contributed by atoms with Crippen LogP contribution in [0, 0.1) is 6.92 Å². The van der Waals surface area contributed by atoms with Crippen LogP contribution in [0.1, 0.15) is 42.5 Å². The molecule has 0 aromatic heterocycles. The fourth-order valence-electron chi connectivity index (χ4n) is 4.46. The first kappa shape index (κ1) is 28.8. The van der Waals surface area contributed by atoms with Crippen LogP contribution in [-0.4, -0.2) is 81.7 Å². The number of ketones is 1. The van der Waals surface area contributed by atoms with Gasteiger partial charge in [-0.05, 0) is 68.9 Å². The van der Waals surface area contributed by atoms with Gasteiger partial charge in [-0.2, -0.15) is 0 Å². The minimum Gasteiger partial charge on any atom is -0.507 e. The summed E-state index contributed by atoms with van der Waals surface area (Å²) in [7, 11) is 8.27. The second kappa shape index (κ2) is 12.7. The first-order valence-corrected chi connectivity index (χ1v) is 12.6. The van der Waals surface area contributed by atoms with Gasteiger partial charge in [-0.15, -0.1) is 0 Å². The molecule has 2 aromatic carbocycles. The molecule has 0 bridgehead atoms. The summed E-state index contributed by atoms with van der Waals surface area (Å²) in [4.78, 5) is 30.0. The predicted octanol–water partition coefficient (Wildman–Crippen LogP) is 4.18. The van der Waals surface area contributed by atoms with Crippen molar-refractivity contribution in [1.29, 1.82) is 0 Å². The van der Waals surface area contributed by atoms with Crippen molar-refractivity contribution in [2.24, 2.45) is 0 Å². The summed E-state index contributed by atoms with van der Waals surface area (Å²) in [5, 5.41) is 11.5. The maximum Gasteiger partial charge on any atom is 0.295 e. The Labute approximate surface area is 224 Å². The second-order valence-corrected chi connectivity index (χ2v) is 9.44. The average molecular weight is 527 g/mol. The number of methoxy groups -OCH3 is 3. The largest absolute Gasteiger partial charge is 0.507 e. The lowest BCUT2D eigenvalue weighted by molar-refractivity contribution is -0.140. The molecule has 1 fully saturated rings. The van der Waals surface area contributed by atoms with Crippen molar-refractivity contribution < 1.29 is 33.6 Å². The van der Waals surface area contributed by atoms with E-state index in [0.717, 1.165) is 18.4 Å². The molecule has 1 amide bonds. The van der Waals surface area contributed by atoms with E-state index in [1.807, 2.05) is 25.9 Å². The minimum atomic E-state index is -0.857. The standard InChI is InChI=1S/C29H38N2O7/c1-8-9-14-38-21-11-10-19(15-18(21)2)26(32)24-25(31(13-12-30(3)4)29(34)27(24)33)20-16-22(35-5)28(37-7)23(17-20)36-6/h10-11,15-17,25,32H,8-9,12-14H2,1-7H3/t25-/m0/s1. The molecule has 1 aliphatic rings. The van der Waals surface area contributed by atoms with Gasteiger partial charge < -0.3 is 33.9 Å². The number of aliphatic hydroxyl groups excluding tert-OH is 1. The van der Waals surface area contributed by atoms with Gasteiger partial charge in [0.25, 0.3) is 11.7 Å². The Kier molecular flexibility index (Phi) is 9.63. The number of carbonyl (C=O) groups is 2. The third-order valence-electron chi connectivity index (χ3n) is 6.53. The predicted molar refractivity (Wildman–Crippen MR) is 145 cm³/mol. The molecule has 0 spiro atoms. The number of ether oxygens (including phenoxy) is 4. The number of aliphatic hydroxyl groups is 1. The van der Waals surface area contributed by atoms with Gasteiger partial charge >= 0.3 is 0 Å². The summed E-state index contributed by atoms with van der Waals surface area (Å²) in [5.74, 6) is 0.178. The van der Waals surface area contributed by atoms with Gasteiger partial charge in [0.2, 0.25) is 5.75 Å². The summed E-state index contributed by atoms with van der Waals surface area (Å²) in [6.07, 6.45) is 1.96. The van der Waals surface area contributed by atoms with Crippen molar-refractivity contribution in [3.63, 3.8) is 0 Å². The molecule has 9 nitrogen and oxygen atoms in total. The molecule has 1 N–H and O–H groups in total. The fourth-order valence-corrected chi connectivity index (χ4v) is 4.46. The Balaban J connectivity index is 2.17. The molecule has 2 aromatic rings. The Morgan fingerprint density at radius 1 is 1.00 bits per heavy atom. The Morgan fingerprint density at radius 3 is 2.18 bits per heavy atom. The van der Waals surface area contributed by atoms with Crippen LogP contribution in [0.25, 0.3) is 5.76 Å². The SMILES string of the molecule is CCCCOc1ccc(C(O)=C2C(=O)C(=O)N(CCN(C)C)[C@H]2c2cc(OC)c(OC)c(OC)c2)cc1C. The zero-order valence-corrected chi connectivity index (χ0v) is 23.3. The van der Waals surface area contributed by atoms with E-state index < -0.39 is 17.7 Å². The van der Waals surface area contributed by atoms with Gasteiger partial charge in [-0.1, -0.05) is 13.3 Å².